The van der Waals surface area contributed by atoms with E-state index in [9.17, 15) is 4.79 Å². The fraction of sp³-hybridized carbons (Fsp3) is 0.111. The van der Waals surface area contributed by atoms with Crippen LogP contribution in [0.2, 0.25) is 0 Å². The van der Waals surface area contributed by atoms with Crippen LogP contribution in [-0.2, 0) is 7.05 Å². The molecule has 5 nitrogen and oxygen atoms in total. The Morgan fingerprint density at radius 1 is 1.12 bits per heavy atom. The van der Waals surface area contributed by atoms with Crippen LogP contribution in [0.3, 0.4) is 0 Å². The van der Waals surface area contributed by atoms with Crippen molar-refractivity contribution in [3.8, 4) is 0 Å². The number of hydrogen-bond donors (Lipinski definition) is 0. The number of nitrogens with zero attached hydrogens (tertiary/aromatic N) is 4. The van der Waals surface area contributed by atoms with Crippen molar-refractivity contribution in [1.82, 2.24) is 9.55 Å². The average Bonchev–Trinajstić information content (AvgIpc) is 2.93. The van der Waals surface area contributed by atoms with Crippen molar-refractivity contribution >= 4 is 33.0 Å². The minimum Gasteiger partial charge on any atom is -0.318 e. The third-order valence-corrected chi connectivity index (χ3v) is 5.07. The van der Waals surface area contributed by atoms with Crippen molar-refractivity contribution < 1.29 is 4.79 Å². The van der Waals surface area contributed by atoms with Gasteiger partial charge in [0.05, 0.1) is 15.9 Å². The van der Waals surface area contributed by atoms with Gasteiger partial charge in [0.25, 0.3) is 0 Å². The monoisotopic (exact) mass is 334 g/mol. The molecule has 0 atom stereocenters. The molecule has 0 amide bonds. The van der Waals surface area contributed by atoms with E-state index in [0.717, 1.165) is 20.6 Å². The summed E-state index contributed by atoms with van der Waals surface area (Å²) in [5.74, 6) is -0.0584. The molecule has 0 bridgehead atoms. The second kappa shape index (κ2) is 5.65. The molecule has 0 radical (unpaired) electrons. The summed E-state index contributed by atoms with van der Waals surface area (Å²) in [4.78, 5) is 17.2. The Hall–Kier alpha value is -2.86. The Morgan fingerprint density at radius 2 is 1.96 bits per heavy atom. The Labute approximate surface area is 142 Å². The summed E-state index contributed by atoms with van der Waals surface area (Å²) in [6.45, 7) is 1.77. The smallest absolute Gasteiger partial charge is 0.211 e. The lowest BCUT2D eigenvalue weighted by atomic mass is 9.94. The average molecular weight is 334 g/mol. The van der Waals surface area contributed by atoms with Gasteiger partial charge in [-0.3, -0.25) is 9.78 Å². The van der Waals surface area contributed by atoms with Gasteiger partial charge in [-0.1, -0.05) is 23.5 Å². The number of pyridine rings is 1. The first-order valence-corrected chi connectivity index (χ1v) is 8.31. The molecule has 0 saturated heterocycles. The molecule has 0 fully saturated rings. The highest BCUT2D eigenvalue weighted by atomic mass is 32.1. The zero-order valence-corrected chi connectivity index (χ0v) is 14.0. The van der Waals surface area contributed by atoms with Crippen molar-refractivity contribution in [2.45, 2.75) is 6.92 Å². The standard InChI is InChI=1S/C18H14N4OS/c1-11-10-13(12-6-5-9-19-16(12)17(11)23)20-21-18-22(2)14-7-3-4-8-15(14)24-18/h3-10H,1-2H3/b20-13+,21-18+. The number of aromatic nitrogens is 2. The maximum absolute atomic E-state index is 12.2. The number of fused-ring (bicyclic) bond motifs is 2. The second-order valence-corrected chi connectivity index (χ2v) is 6.56. The topological polar surface area (TPSA) is 59.6 Å². The lowest BCUT2D eigenvalue weighted by molar-refractivity contribution is 0.102. The summed E-state index contributed by atoms with van der Waals surface area (Å²) in [5.41, 5.74) is 3.56. The molecular formula is C18H14N4OS. The van der Waals surface area contributed by atoms with Crippen molar-refractivity contribution in [3.63, 3.8) is 0 Å². The van der Waals surface area contributed by atoms with E-state index in [4.69, 9.17) is 0 Å². The Bertz CT molecular complexity index is 1100. The van der Waals surface area contributed by atoms with E-state index in [0.29, 0.717) is 17.0 Å². The largest absolute Gasteiger partial charge is 0.318 e. The number of rotatable bonds is 1. The van der Waals surface area contributed by atoms with Crippen molar-refractivity contribution in [1.29, 1.82) is 0 Å². The van der Waals surface area contributed by atoms with E-state index in [1.54, 1.807) is 36.6 Å². The number of ketones is 1. The number of carbonyl (C=O) groups excluding carboxylic acids is 1. The highest BCUT2D eigenvalue weighted by molar-refractivity contribution is 7.16. The molecule has 1 aromatic carbocycles. The van der Waals surface area contributed by atoms with Gasteiger partial charge >= 0.3 is 0 Å². The number of carbonyl (C=O) groups is 1. The minimum atomic E-state index is -0.0584. The predicted molar refractivity (Wildman–Crippen MR) is 95.2 cm³/mol. The van der Waals surface area contributed by atoms with Crippen LogP contribution in [0, 0.1) is 0 Å². The number of hydrogen-bond acceptors (Lipinski definition) is 5. The summed E-state index contributed by atoms with van der Waals surface area (Å²) < 4.78 is 3.17. The first kappa shape index (κ1) is 14.7. The van der Waals surface area contributed by atoms with Crippen molar-refractivity contribution in [3.05, 3.63) is 70.3 Å². The maximum atomic E-state index is 12.2. The number of benzene rings is 1. The first-order valence-electron chi connectivity index (χ1n) is 7.50. The molecule has 0 unspecified atom stereocenters. The zero-order chi connectivity index (χ0) is 16.7. The number of thiazole rings is 1. The van der Waals surface area contributed by atoms with Gasteiger partial charge in [0.1, 0.15) is 5.69 Å². The number of Topliss-reactive ketones (excluding diaryl/α,β-unsaturated/α-hetero) is 1. The second-order valence-electron chi connectivity index (χ2n) is 5.55. The van der Waals surface area contributed by atoms with E-state index in [-0.39, 0.29) is 5.78 Å². The van der Waals surface area contributed by atoms with E-state index < -0.39 is 0 Å². The van der Waals surface area contributed by atoms with Gasteiger partial charge in [0, 0.05) is 24.4 Å². The molecule has 1 aliphatic carbocycles. The molecule has 0 N–H and O–H groups in total. The molecule has 6 heteroatoms. The van der Waals surface area contributed by atoms with E-state index >= 15 is 0 Å². The highest BCUT2D eigenvalue weighted by Gasteiger charge is 2.22. The van der Waals surface area contributed by atoms with Crippen LogP contribution >= 0.6 is 11.3 Å². The minimum absolute atomic E-state index is 0.0584. The molecule has 118 valence electrons. The molecule has 0 spiro atoms. The third-order valence-electron chi connectivity index (χ3n) is 3.97. The summed E-state index contributed by atoms with van der Waals surface area (Å²) >= 11 is 1.58. The lowest BCUT2D eigenvalue weighted by Gasteiger charge is -2.12. The molecule has 2 heterocycles. The van der Waals surface area contributed by atoms with Crippen molar-refractivity contribution in [2.24, 2.45) is 17.3 Å². The van der Waals surface area contributed by atoms with Crippen LogP contribution < -0.4 is 4.80 Å². The number of para-hydroxylation sites is 1. The molecule has 4 rings (SSSR count). The number of aryl methyl sites for hydroxylation is 1. The first-order chi connectivity index (χ1) is 11.6. The Balaban J connectivity index is 1.89. The fourth-order valence-corrected chi connectivity index (χ4v) is 3.66. The maximum Gasteiger partial charge on any atom is 0.211 e. The van der Waals surface area contributed by atoms with Crippen molar-refractivity contribution in [2.75, 3.05) is 0 Å². The molecule has 1 aliphatic rings. The molecule has 2 aromatic heterocycles. The van der Waals surface area contributed by atoms with Crippen LogP contribution in [0.15, 0.2) is 64.4 Å². The highest BCUT2D eigenvalue weighted by Crippen LogP contribution is 2.20. The van der Waals surface area contributed by atoms with Gasteiger partial charge in [-0.2, -0.15) is 0 Å². The van der Waals surface area contributed by atoms with E-state index in [1.807, 2.05) is 29.8 Å². The van der Waals surface area contributed by atoms with Crippen LogP contribution in [-0.4, -0.2) is 21.0 Å². The van der Waals surface area contributed by atoms with Crippen LogP contribution in [0.4, 0.5) is 0 Å². The van der Waals surface area contributed by atoms with E-state index in [1.165, 1.54) is 0 Å². The van der Waals surface area contributed by atoms with Gasteiger partial charge in [0.15, 0.2) is 0 Å². The SMILES string of the molecule is CC1=C/C(=N\N=c2\sc3ccccc3n2C)c2cccnc2C1=O. The zero-order valence-electron chi connectivity index (χ0n) is 13.2. The molecular weight excluding hydrogens is 320 g/mol. The normalized spacial score (nSPS) is 16.6. The van der Waals surface area contributed by atoms with Crippen LogP contribution in [0.25, 0.3) is 10.2 Å². The summed E-state index contributed by atoms with van der Waals surface area (Å²) in [7, 11) is 1.97. The van der Waals surface area contributed by atoms with Gasteiger partial charge in [0.2, 0.25) is 10.6 Å². The number of allylic oxidation sites excluding steroid dienone is 2. The van der Waals surface area contributed by atoms with Gasteiger partial charge in [-0.15, -0.1) is 10.2 Å². The van der Waals surface area contributed by atoms with Gasteiger partial charge in [-0.05, 0) is 37.3 Å². The summed E-state index contributed by atoms with van der Waals surface area (Å²) in [6.07, 6.45) is 3.39. The fourth-order valence-electron chi connectivity index (χ4n) is 2.69. The van der Waals surface area contributed by atoms with Gasteiger partial charge < -0.3 is 4.57 Å². The quantitative estimate of drug-likeness (QED) is 0.642. The van der Waals surface area contributed by atoms with Crippen LogP contribution in [0.1, 0.15) is 23.0 Å². The van der Waals surface area contributed by atoms with Crippen LogP contribution in [0.5, 0.6) is 0 Å². The van der Waals surface area contributed by atoms with Gasteiger partial charge in [-0.25, -0.2) is 0 Å². The summed E-state index contributed by atoms with van der Waals surface area (Å²) in [6, 6.07) is 11.8. The molecule has 0 aliphatic heterocycles. The molecule has 3 aromatic rings. The lowest BCUT2D eigenvalue weighted by Crippen LogP contribution is -2.18. The predicted octanol–water partition coefficient (Wildman–Crippen LogP) is 3.08. The summed E-state index contributed by atoms with van der Waals surface area (Å²) in [5, 5.41) is 8.81. The Kier molecular flexibility index (Phi) is 3.46. The Morgan fingerprint density at radius 3 is 2.79 bits per heavy atom. The molecule has 0 saturated carbocycles. The molecule has 24 heavy (non-hydrogen) atoms. The van der Waals surface area contributed by atoms with E-state index in [2.05, 4.69) is 27.3 Å². The third kappa shape index (κ3) is 2.32.